The van der Waals surface area contributed by atoms with E-state index in [0.717, 1.165) is 12.0 Å². The van der Waals surface area contributed by atoms with Gasteiger partial charge in [-0.1, -0.05) is 19.9 Å². The molecule has 2 aliphatic carbocycles. The number of ketones is 2. The molecule has 0 spiro atoms. The van der Waals surface area contributed by atoms with Gasteiger partial charge in [-0.2, -0.15) is 0 Å². The summed E-state index contributed by atoms with van der Waals surface area (Å²) in [5.41, 5.74) is 0.880. The molecule has 0 saturated carbocycles. The number of carbonyl (C=O) groups excluding carboxylic acids is 2. The van der Waals surface area contributed by atoms with Gasteiger partial charge in [0.25, 0.3) is 0 Å². The van der Waals surface area contributed by atoms with E-state index < -0.39 is 12.0 Å². The van der Waals surface area contributed by atoms with E-state index in [-0.39, 0.29) is 23.4 Å². The van der Waals surface area contributed by atoms with Crippen molar-refractivity contribution in [3.05, 3.63) is 23.8 Å². The highest BCUT2D eigenvalue weighted by molar-refractivity contribution is 6.08. The van der Waals surface area contributed by atoms with Gasteiger partial charge in [-0.25, -0.2) is 0 Å². The maximum atomic E-state index is 11.8. The summed E-state index contributed by atoms with van der Waals surface area (Å²) < 4.78 is 0. The summed E-state index contributed by atoms with van der Waals surface area (Å²) in [5, 5.41) is 10.1. The Balaban J connectivity index is 2.44. The minimum Gasteiger partial charge on any atom is -0.388 e. The lowest BCUT2D eigenvalue weighted by Crippen LogP contribution is -2.46. The largest absolute Gasteiger partial charge is 0.388 e. The fourth-order valence-corrected chi connectivity index (χ4v) is 2.78. The Morgan fingerprint density at radius 1 is 1.19 bits per heavy atom. The highest BCUT2D eigenvalue weighted by Gasteiger charge is 2.45. The van der Waals surface area contributed by atoms with E-state index >= 15 is 0 Å². The lowest BCUT2D eigenvalue weighted by atomic mass is 9.66. The second kappa shape index (κ2) is 3.98. The van der Waals surface area contributed by atoms with E-state index in [4.69, 9.17) is 0 Å². The zero-order valence-electron chi connectivity index (χ0n) is 9.51. The van der Waals surface area contributed by atoms with Crippen LogP contribution in [0, 0.1) is 17.8 Å². The molecule has 1 N–H and O–H groups in total. The lowest BCUT2D eigenvalue weighted by Gasteiger charge is -2.38. The molecule has 3 heteroatoms. The zero-order chi connectivity index (χ0) is 11.9. The van der Waals surface area contributed by atoms with E-state index in [1.807, 2.05) is 19.9 Å². The number of hydrogen-bond donors (Lipinski definition) is 1. The summed E-state index contributed by atoms with van der Waals surface area (Å²) in [4.78, 5) is 23.5. The van der Waals surface area contributed by atoms with Gasteiger partial charge in [-0.05, 0) is 30.1 Å². The van der Waals surface area contributed by atoms with E-state index in [9.17, 15) is 14.7 Å². The first-order chi connectivity index (χ1) is 7.56. The van der Waals surface area contributed by atoms with Gasteiger partial charge in [0.05, 0.1) is 12.0 Å². The van der Waals surface area contributed by atoms with Gasteiger partial charge < -0.3 is 5.11 Å². The van der Waals surface area contributed by atoms with Crippen molar-refractivity contribution in [2.75, 3.05) is 0 Å². The topological polar surface area (TPSA) is 54.4 Å². The molecule has 0 aromatic heterocycles. The predicted molar refractivity (Wildman–Crippen MR) is 59.7 cm³/mol. The van der Waals surface area contributed by atoms with Crippen molar-refractivity contribution < 1.29 is 14.7 Å². The number of rotatable bonds is 1. The van der Waals surface area contributed by atoms with Gasteiger partial charge in [-0.15, -0.1) is 0 Å². The Bertz CT molecular complexity index is 392. The molecule has 3 nitrogen and oxygen atoms in total. The van der Waals surface area contributed by atoms with Crippen molar-refractivity contribution in [1.82, 2.24) is 0 Å². The Labute approximate surface area is 94.8 Å². The summed E-state index contributed by atoms with van der Waals surface area (Å²) in [6.45, 7) is 3.89. The van der Waals surface area contributed by atoms with Gasteiger partial charge in [-0.3, -0.25) is 9.59 Å². The zero-order valence-corrected chi connectivity index (χ0v) is 9.51. The normalized spacial score (nSPS) is 38.3. The van der Waals surface area contributed by atoms with Crippen LogP contribution in [-0.4, -0.2) is 22.8 Å². The van der Waals surface area contributed by atoms with Crippen molar-refractivity contribution in [1.29, 1.82) is 0 Å². The molecule has 0 aliphatic heterocycles. The molecule has 0 fully saturated rings. The molecule has 0 saturated heterocycles. The molecule has 0 aromatic rings. The number of hydrogen-bond acceptors (Lipinski definition) is 3. The molecule has 16 heavy (non-hydrogen) atoms. The molecular weight excluding hydrogens is 204 g/mol. The van der Waals surface area contributed by atoms with Crippen molar-refractivity contribution in [3.63, 3.8) is 0 Å². The number of aliphatic hydroxyl groups is 1. The average Bonchev–Trinajstić information content (AvgIpc) is 2.26. The fraction of sp³-hybridized carbons (Fsp3) is 0.538. The molecule has 0 radical (unpaired) electrons. The SMILES string of the molecule is CCC1=C[C@@H](C)[C@@H]2C(=O)C=CC(=O)[C@@H]2[C@@H]1O. The van der Waals surface area contributed by atoms with Gasteiger partial charge in [0.1, 0.15) is 0 Å². The minimum atomic E-state index is -0.785. The molecule has 2 aliphatic rings. The van der Waals surface area contributed by atoms with E-state index in [1.165, 1.54) is 12.2 Å². The van der Waals surface area contributed by atoms with Crippen LogP contribution in [0.15, 0.2) is 23.8 Å². The molecule has 2 rings (SSSR count). The van der Waals surface area contributed by atoms with Crippen LogP contribution in [0.4, 0.5) is 0 Å². The summed E-state index contributed by atoms with van der Waals surface area (Å²) in [5.74, 6) is -1.06. The molecule has 86 valence electrons. The summed E-state index contributed by atoms with van der Waals surface area (Å²) in [6.07, 6.45) is 4.53. The number of allylic oxidation sites excluding steroid dienone is 3. The predicted octanol–water partition coefficient (Wildman–Crippen LogP) is 1.27. The summed E-state index contributed by atoms with van der Waals surface area (Å²) in [7, 11) is 0. The van der Waals surface area contributed by atoms with E-state index in [1.54, 1.807) is 0 Å². The Morgan fingerprint density at radius 2 is 1.75 bits per heavy atom. The highest BCUT2D eigenvalue weighted by atomic mass is 16.3. The van der Waals surface area contributed by atoms with Crippen LogP contribution < -0.4 is 0 Å². The van der Waals surface area contributed by atoms with Crippen LogP contribution in [0.2, 0.25) is 0 Å². The molecule has 0 heterocycles. The Hall–Kier alpha value is -1.22. The maximum absolute atomic E-state index is 11.8. The fourth-order valence-electron chi connectivity index (χ4n) is 2.78. The number of carbonyl (C=O) groups is 2. The minimum absolute atomic E-state index is 0.0322. The second-order valence-electron chi connectivity index (χ2n) is 4.59. The van der Waals surface area contributed by atoms with E-state index in [2.05, 4.69) is 0 Å². The molecule has 0 aromatic carbocycles. The molecule has 0 bridgehead atoms. The van der Waals surface area contributed by atoms with Crippen molar-refractivity contribution >= 4 is 11.6 Å². The molecule has 4 atom stereocenters. The number of aliphatic hydroxyl groups excluding tert-OH is 1. The summed E-state index contributed by atoms with van der Waals surface area (Å²) in [6, 6.07) is 0. The Kier molecular flexibility index (Phi) is 2.80. The standard InChI is InChI=1S/C13H16O3/c1-3-8-6-7(2)11-9(14)4-5-10(15)12(11)13(8)16/h4-7,11-13,16H,3H2,1-2H3/t7-,11-,12+,13-/m1/s1. The first-order valence-corrected chi connectivity index (χ1v) is 5.70. The van der Waals surface area contributed by atoms with Crippen LogP contribution in [0.3, 0.4) is 0 Å². The van der Waals surface area contributed by atoms with Crippen LogP contribution in [0.1, 0.15) is 20.3 Å². The van der Waals surface area contributed by atoms with Crippen molar-refractivity contribution in [3.8, 4) is 0 Å². The van der Waals surface area contributed by atoms with Crippen molar-refractivity contribution in [2.45, 2.75) is 26.4 Å². The van der Waals surface area contributed by atoms with Crippen LogP contribution >= 0.6 is 0 Å². The molecule has 0 unspecified atom stereocenters. The third kappa shape index (κ3) is 1.55. The highest BCUT2D eigenvalue weighted by Crippen LogP contribution is 2.38. The van der Waals surface area contributed by atoms with Gasteiger partial charge in [0.15, 0.2) is 11.6 Å². The van der Waals surface area contributed by atoms with Crippen LogP contribution in [0.25, 0.3) is 0 Å². The molecular formula is C13H16O3. The van der Waals surface area contributed by atoms with E-state index in [0.29, 0.717) is 0 Å². The smallest absolute Gasteiger partial charge is 0.162 e. The quantitative estimate of drug-likeness (QED) is 0.677. The van der Waals surface area contributed by atoms with Crippen molar-refractivity contribution in [2.24, 2.45) is 17.8 Å². The Morgan fingerprint density at radius 3 is 2.31 bits per heavy atom. The monoisotopic (exact) mass is 220 g/mol. The lowest BCUT2D eigenvalue weighted by molar-refractivity contribution is -0.134. The first-order valence-electron chi connectivity index (χ1n) is 5.70. The van der Waals surface area contributed by atoms with Crippen LogP contribution in [0.5, 0.6) is 0 Å². The third-order valence-electron chi connectivity index (χ3n) is 3.63. The maximum Gasteiger partial charge on any atom is 0.162 e. The van der Waals surface area contributed by atoms with Gasteiger partial charge in [0.2, 0.25) is 0 Å². The van der Waals surface area contributed by atoms with Gasteiger partial charge in [0, 0.05) is 5.92 Å². The van der Waals surface area contributed by atoms with Crippen LogP contribution in [-0.2, 0) is 9.59 Å². The third-order valence-corrected chi connectivity index (χ3v) is 3.63. The molecule has 0 amide bonds. The first kappa shape index (κ1) is 11.3. The summed E-state index contributed by atoms with van der Waals surface area (Å²) >= 11 is 0. The second-order valence-corrected chi connectivity index (χ2v) is 4.59. The van der Waals surface area contributed by atoms with Gasteiger partial charge >= 0.3 is 0 Å². The average molecular weight is 220 g/mol. The number of fused-ring (bicyclic) bond motifs is 1.